The number of hydrogen-bond donors (Lipinski definition) is 2. The van der Waals surface area contributed by atoms with Crippen LogP contribution in [-0.4, -0.2) is 37.4 Å². The zero-order chi connectivity index (χ0) is 18.6. The largest absolute Gasteiger partial charge is 0.533 e. The van der Waals surface area contributed by atoms with Gasteiger partial charge >= 0.3 is 8.80 Å². The maximum absolute atomic E-state index is 8.96. The zero-order valence-electron chi connectivity index (χ0n) is 15.4. The standard InChI is InChI=1S/C16H30O3Si.H2O2S2/c1-6-12-16(5)13-10-11-15(14-16)20(17-7-2,18-8-3)19-9-4;1-4(2)3/h10-11,13H,6-9,12,14H2,1-5H3;4H,(H,1,2,3). The third-order valence-corrected chi connectivity index (χ3v) is 6.74. The molecule has 0 spiro atoms. The van der Waals surface area contributed by atoms with E-state index in [1.54, 1.807) is 0 Å². The Morgan fingerprint density at radius 2 is 1.67 bits per heavy atom. The molecule has 0 aliphatic heterocycles. The Morgan fingerprint density at radius 1 is 1.21 bits per heavy atom. The molecule has 0 radical (unpaired) electrons. The van der Waals surface area contributed by atoms with Gasteiger partial charge in [0.2, 0.25) is 0 Å². The topological polar surface area (TPSA) is 65.0 Å². The van der Waals surface area contributed by atoms with E-state index in [-0.39, 0.29) is 5.41 Å². The van der Waals surface area contributed by atoms with E-state index in [1.165, 1.54) is 18.0 Å². The van der Waals surface area contributed by atoms with Gasteiger partial charge in [0.05, 0.1) is 0 Å². The summed E-state index contributed by atoms with van der Waals surface area (Å²) in [6.07, 6.45) is 9.93. The van der Waals surface area contributed by atoms with Crippen molar-refractivity contribution in [3.63, 3.8) is 0 Å². The first kappa shape index (κ1) is 23.9. The molecule has 8 heteroatoms. The van der Waals surface area contributed by atoms with E-state index in [2.05, 4.69) is 43.3 Å². The molecular weight excluding hydrogens is 364 g/mol. The molecule has 1 N–H and O–H groups in total. The molecule has 0 bridgehead atoms. The fourth-order valence-corrected chi connectivity index (χ4v) is 5.74. The molecule has 0 saturated heterocycles. The van der Waals surface area contributed by atoms with Crippen LogP contribution in [-0.2, 0) is 34.1 Å². The number of hydrogen-bond acceptors (Lipinski definition) is 5. The second kappa shape index (κ2) is 12.3. The van der Waals surface area contributed by atoms with Crippen molar-refractivity contribution in [2.24, 2.45) is 5.41 Å². The minimum atomic E-state index is -2.70. The Kier molecular flexibility index (Phi) is 12.2. The van der Waals surface area contributed by atoms with Gasteiger partial charge in [0.25, 0.3) is 0 Å². The van der Waals surface area contributed by atoms with Gasteiger partial charge in [-0.1, -0.05) is 38.5 Å². The normalized spacial score (nSPS) is 21.7. The lowest BCUT2D eigenvalue weighted by Crippen LogP contribution is -2.49. The molecule has 5 nitrogen and oxygen atoms in total. The van der Waals surface area contributed by atoms with Gasteiger partial charge in [-0.2, -0.15) is 0 Å². The molecule has 2 unspecified atom stereocenters. The number of allylic oxidation sites excluding steroid dienone is 4. The van der Waals surface area contributed by atoms with Crippen LogP contribution < -0.4 is 0 Å². The Bertz CT molecular complexity index is 466. The van der Waals surface area contributed by atoms with Crippen LogP contribution in [0.3, 0.4) is 0 Å². The predicted octanol–water partition coefficient (Wildman–Crippen LogP) is 3.67. The minimum absolute atomic E-state index is 0.197. The molecule has 142 valence electrons. The molecule has 1 aliphatic carbocycles. The molecule has 0 amide bonds. The maximum atomic E-state index is 8.96. The van der Waals surface area contributed by atoms with Gasteiger partial charge in [-0.3, -0.25) is 0 Å². The van der Waals surface area contributed by atoms with Crippen LogP contribution in [0.4, 0.5) is 0 Å². The molecule has 2 atom stereocenters. The summed E-state index contributed by atoms with van der Waals surface area (Å²) in [6.45, 7) is 12.4. The van der Waals surface area contributed by atoms with Crippen LogP contribution >= 0.6 is 0 Å². The summed E-state index contributed by atoms with van der Waals surface area (Å²) in [5, 5.41) is 1.22. The second-order valence-corrected chi connectivity index (χ2v) is 9.76. The summed E-state index contributed by atoms with van der Waals surface area (Å²) in [7, 11) is -4.99. The van der Waals surface area contributed by atoms with Gasteiger partial charge in [-0.15, -0.1) is 0 Å². The average molecular weight is 397 g/mol. The number of thiol groups is 1. The van der Waals surface area contributed by atoms with Crippen molar-refractivity contribution in [1.82, 2.24) is 0 Å². The highest BCUT2D eigenvalue weighted by molar-refractivity contribution is 8.18. The minimum Gasteiger partial charge on any atom is -0.370 e. The SMILES string of the molecule is CCCC1(C)C=CC=C([Si](OCC)(OCC)OCC)C1.O=[SH](O)=S. The van der Waals surface area contributed by atoms with Crippen LogP contribution in [0.1, 0.15) is 53.9 Å². The number of rotatable bonds is 9. The summed E-state index contributed by atoms with van der Waals surface area (Å²) >= 11 is 3.69. The first-order valence-corrected chi connectivity index (χ1v) is 12.4. The average Bonchev–Trinajstić information content (AvgIpc) is 2.47. The Hall–Kier alpha value is -0.0931. The summed E-state index contributed by atoms with van der Waals surface area (Å²) in [5.41, 5.74) is 0.197. The van der Waals surface area contributed by atoms with E-state index in [0.29, 0.717) is 19.8 Å². The van der Waals surface area contributed by atoms with Crippen molar-refractivity contribution in [3.8, 4) is 0 Å². The van der Waals surface area contributed by atoms with E-state index in [9.17, 15) is 0 Å². The van der Waals surface area contributed by atoms with Crippen LogP contribution in [0, 0.1) is 5.41 Å². The molecule has 0 aromatic heterocycles. The lowest BCUT2D eigenvalue weighted by atomic mass is 9.80. The summed E-state index contributed by atoms with van der Waals surface area (Å²) < 4.78 is 34.4. The molecule has 0 fully saturated rings. The third-order valence-electron chi connectivity index (χ3n) is 3.61. The molecule has 0 heterocycles. The van der Waals surface area contributed by atoms with Crippen LogP contribution in [0.2, 0.25) is 0 Å². The van der Waals surface area contributed by atoms with Crippen LogP contribution in [0.25, 0.3) is 0 Å². The highest BCUT2D eigenvalue weighted by atomic mass is 32.8. The Labute approximate surface area is 154 Å². The fourth-order valence-electron chi connectivity index (χ4n) is 2.88. The van der Waals surface area contributed by atoms with Gasteiger partial charge in [-0.05, 0) is 39.0 Å². The van der Waals surface area contributed by atoms with E-state index >= 15 is 0 Å². The van der Waals surface area contributed by atoms with Gasteiger partial charge < -0.3 is 17.8 Å². The van der Waals surface area contributed by atoms with Crippen molar-refractivity contribution >= 4 is 29.6 Å². The van der Waals surface area contributed by atoms with Crippen LogP contribution in [0.15, 0.2) is 23.4 Å². The monoisotopic (exact) mass is 396 g/mol. The highest BCUT2D eigenvalue weighted by Crippen LogP contribution is 2.39. The smallest absolute Gasteiger partial charge is 0.370 e. The quantitative estimate of drug-likeness (QED) is 0.458. The molecular formula is C16H32O5S2Si. The lowest BCUT2D eigenvalue weighted by Gasteiger charge is -2.36. The van der Waals surface area contributed by atoms with Gasteiger partial charge in [0.1, 0.15) is 9.64 Å². The zero-order valence-corrected chi connectivity index (χ0v) is 18.1. The van der Waals surface area contributed by atoms with Gasteiger partial charge in [-0.25, -0.2) is 4.21 Å². The van der Waals surface area contributed by atoms with Crippen molar-refractivity contribution in [2.45, 2.75) is 53.9 Å². The molecule has 0 saturated carbocycles. The van der Waals surface area contributed by atoms with Crippen molar-refractivity contribution in [1.29, 1.82) is 0 Å². The molecule has 0 aromatic rings. The summed E-state index contributed by atoms with van der Waals surface area (Å²) in [6, 6.07) is 0. The molecule has 24 heavy (non-hydrogen) atoms. The fraction of sp³-hybridized carbons (Fsp3) is 0.750. The van der Waals surface area contributed by atoms with E-state index < -0.39 is 18.4 Å². The Morgan fingerprint density at radius 3 is 2.04 bits per heavy atom. The van der Waals surface area contributed by atoms with E-state index in [1.807, 2.05) is 20.8 Å². The van der Waals surface area contributed by atoms with Gasteiger partial charge in [0, 0.05) is 36.2 Å². The van der Waals surface area contributed by atoms with Crippen LogP contribution in [0.5, 0.6) is 0 Å². The molecule has 1 aliphatic rings. The molecule has 0 aromatic carbocycles. The summed E-state index contributed by atoms with van der Waals surface area (Å²) in [4.78, 5) is 0. The van der Waals surface area contributed by atoms with Gasteiger partial charge in [0.15, 0.2) is 0 Å². The first-order chi connectivity index (χ1) is 11.3. The Balaban J connectivity index is 0.00000118. The third kappa shape index (κ3) is 8.33. The van der Waals surface area contributed by atoms with Crippen molar-refractivity contribution in [3.05, 3.63) is 23.4 Å². The van der Waals surface area contributed by atoms with Crippen molar-refractivity contribution < 1.29 is 22.0 Å². The second-order valence-electron chi connectivity index (χ2n) is 5.72. The van der Waals surface area contributed by atoms with E-state index in [0.717, 1.165) is 6.42 Å². The van der Waals surface area contributed by atoms with E-state index in [4.69, 9.17) is 22.0 Å². The molecule has 1 rings (SSSR count). The predicted molar refractivity (Wildman–Crippen MR) is 105 cm³/mol. The highest BCUT2D eigenvalue weighted by Gasteiger charge is 2.47. The van der Waals surface area contributed by atoms with Crippen molar-refractivity contribution in [2.75, 3.05) is 19.8 Å². The maximum Gasteiger partial charge on any atom is 0.533 e. The first-order valence-electron chi connectivity index (χ1n) is 8.43. The lowest BCUT2D eigenvalue weighted by molar-refractivity contribution is 0.0780. The summed E-state index contributed by atoms with van der Waals surface area (Å²) in [5.74, 6) is 0.